The third-order valence-electron chi connectivity index (χ3n) is 4.37. The second-order valence-electron chi connectivity index (χ2n) is 6.56. The summed E-state index contributed by atoms with van der Waals surface area (Å²) in [6.07, 6.45) is 1.38. The summed E-state index contributed by atoms with van der Waals surface area (Å²) in [5, 5.41) is 19.1. The van der Waals surface area contributed by atoms with Gasteiger partial charge in [0.1, 0.15) is 23.7 Å². The lowest BCUT2D eigenvalue weighted by molar-refractivity contribution is -0.386. The molecule has 160 valence electrons. The van der Waals surface area contributed by atoms with Crippen LogP contribution in [-0.2, 0) is 11.3 Å². The normalized spacial score (nSPS) is 11.3. The molecule has 0 aliphatic carbocycles. The number of carbonyl (C=O) groups is 2. The van der Waals surface area contributed by atoms with Crippen molar-refractivity contribution in [2.75, 3.05) is 0 Å². The predicted molar refractivity (Wildman–Crippen MR) is 109 cm³/mol. The van der Waals surface area contributed by atoms with Crippen LogP contribution in [0.5, 0.6) is 5.75 Å². The Labute approximate surface area is 176 Å². The number of esters is 1. The van der Waals surface area contributed by atoms with Crippen LogP contribution in [0.2, 0.25) is 0 Å². The number of nitrogens with zero attached hydrogens (tertiary/aromatic N) is 4. The lowest BCUT2D eigenvalue weighted by atomic mass is 10.1. The van der Waals surface area contributed by atoms with Crippen LogP contribution in [0.3, 0.4) is 0 Å². The molecule has 1 amide bonds. The Bertz CT molecular complexity index is 1150. The van der Waals surface area contributed by atoms with Crippen LogP contribution in [0.25, 0.3) is 0 Å². The predicted octanol–water partition coefficient (Wildman–Crippen LogP) is 2.76. The van der Waals surface area contributed by atoms with Gasteiger partial charge in [0, 0.05) is 0 Å². The highest BCUT2D eigenvalue weighted by atomic mass is 16.6. The van der Waals surface area contributed by atoms with E-state index in [2.05, 4.69) is 15.6 Å². The van der Waals surface area contributed by atoms with Crippen LogP contribution in [0.4, 0.5) is 5.69 Å². The molecule has 0 spiro atoms. The van der Waals surface area contributed by atoms with E-state index < -0.39 is 16.8 Å². The molecule has 3 rings (SSSR count). The fourth-order valence-electron chi connectivity index (χ4n) is 2.80. The molecular weight excluding hydrogens is 406 g/mol. The summed E-state index contributed by atoms with van der Waals surface area (Å²) >= 11 is 0. The van der Waals surface area contributed by atoms with Crippen LogP contribution in [0, 0.1) is 24.0 Å². The Morgan fingerprint density at radius 2 is 1.97 bits per heavy atom. The number of aryl methyl sites for hydroxylation is 1. The number of rotatable bonds is 7. The van der Waals surface area contributed by atoms with E-state index in [1.165, 1.54) is 30.9 Å². The summed E-state index contributed by atoms with van der Waals surface area (Å²) in [5.41, 5.74) is 4.02. The maximum Gasteiger partial charge on any atom is 0.379 e. The number of hydrazone groups is 1. The number of ether oxygens (including phenoxy) is 1. The van der Waals surface area contributed by atoms with Crippen LogP contribution in [-0.4, -0.2) is 32.3 Å². The Morgan fingerprint density at radius 1 is 1.26 bits per heavy atom. The molecule has 31 heavy (non-hydrogen) atoms. The molecule has 2 aromatic heterocycles. The van der Waals surface area contributed by atoms with E-state index in [1.54, 1.807) is 37.3 Å². The Balaban J connectivity index is 1.60. The van der Waals surface area contributed by atoms with E-state index in [9.17, 15) is 19.7 Å². The first-order chi connectivity index (χ1) is 14.8. The number of hydrogen-bond donors (Lipinski definition) is 1. The molecule has 1 N–H and O–H groups in total. The molecule has 0 unspecified atom stereocenters. The van der Waals surface area contributed by atoms with Crippen molar-refractivity contribution in [2.24, 2.45) is 5.10 Å². The second kappa shape index (κ2) is 9.03. The van der Waals surface area contributed by atoms with Gasteiger partial charge < -0.3 is 9.15 Å². The van der Waals surface area contributed by atoms with Crippen LogP contribution in [0.15, 0.2) is 52.2 Å². The lowest BCUT2D eigenvalue weighted by Gasteiger charge is -2.06. The summed E-state index contributed by atoms with van der Waals surface area (Å²) in [6.45, 7) is 4.52. The van der Waals surface area contributed by atoms with Gasteiger partial charge >= 0.3 is 11.7 Å². The van der Waals surface area contributed by atoms with E-state index in [0.29, 0.717) is 17.0 Å². The molecule has 0 saturated carbocycles. The highest BCUT2D eigenvalue weighted by molar-refractivity contribution is 5.99. The van der Waals surface area contributed by atoms with Gasteiger partial charge in [-0.05, 0) is 62.7 Å². The molecule has 2 heterocycles. The van der Waals surface area contributed by atoms with E-state index >= 15 is 0 Å². The zero-order chi connectivity index (χ0) is 22.5. The van der Waals surface area contributed by atoms with E-state index in [1.807, 2.05) is 0 Å². The van der Waals surface area contributed by atoms with Gasteiger partial charge in [0.25, 0.3) is 5.91 Å². The SMILES string of the molecule is C/C(=N\NC(=O)Cn1nc(C)c([N+](=O)[O-])c1C)c1ccc(OC(=O)c2ccco2)cc1. The Hall–Kier alpha value is -4.28. The van der Waals surface area contributed by atoms with Crippen molar-refractivity contribution in [1.29, 1.82) is 0 Å². The van der Waals surface area contributed by atoms with E-state index in [0.717, 1.165) is 0 Å². The van der Waals surface area contributed by atoms with Crippen molar-refractivity contribution in [1.82, 2.24) is 15.2 Å². The molecule has 0 fully saturated rings. The molecule has 0 aliphatic heterocycles. The summed E-state index contributed by atoms with van der Waals surface area (Å²) in [6, 6.07) is 9.63. The Kier molecular flexibility index (Phi) is 6.24. The minimum absolute atomic E-state index is 0.0949. The van der Waals surface area contributed by atoms with Gasteiger partial charge in [0.15, 0.2) is 0 Å². The average Bonchev–Trinajstić information content (AvgIpc) is 3.35. The minimum Gasteiger partial charge on any atom is -0.457 e. The van der Waals surface area contributed by atoms with Crippen LogP contribution >= 0.6 is 0 Å². The number of amides is 1. The van der Waals surface area contributed by atoms with Crippen molar-refractivity contribution in [3.05, 3.63) is 75.5 Å². The number of nitrogens with one attached hydrogen (secondary N) is 1. The number of nitro groups is 1. The highest BCUT2D eigenvalue weighted by Gasteiger charge is 2.22. The van der Waals surface area contributed by atoms with Crippen molar-refractivity contribution >= 4 is 23.3 Å². The first-order valence-corrected chi connectivity index (χ1v) is 9.14. The van der Waals surface area contributed by atoms with Gasteiger partial charge in [-0.1, -0.05) is 0 Å². The number of carbonyl (C=O) groups excluding carboxylic acids is 2. The van der Waals surface area contributed by atoms with E-state index in [4.69, 9.17) is 9.15 Å². The third-order valence-corrected chi connectivity index (χ3v) is 4.37. The molecule has 0 aliphatic rings. The number of aromatic nitrogens is 2. The molecule has 11 heteroatoms. The van der Waals surface area contributed by atoms with Crippen molar-refractivity contribution in [2.45, 2.75) is 27.3 Å². The van der Waals surface area contributed by atoms with Gasteiger partial charge in [0.05, 0.1) is 16.9 Å². The number of hydrogen-bond acceptors (Lipinski definition) is 8. The molecule has 0 radical (unpaired) electrons. The summed E-state index contributed by atoms with van der Waals surface area (Å²) in [4.78, 5) is 34.6. The number of benzene rings is 1. The molecule has 0 bridgehead atoms. The average molecular weight is 425 g/mol. The zero-order valence-corrected chi connectivity index (χ0v) is 17.0. The van der Waals surface area contributed by atoms with Gasteiger partial charge in [-0.15, -0.1) is 0 Å². The first kappa shape index (κ1) is 21.4. The van der Waals surface area contributed by atoms with Gasteiger partial charge in [-0.25, -0.2) is 10.2 Å². The molecule has 11 nitrogen and oxygen atoms in total. The third kappa shape index (κ3) is 5.01. The maximum absolute atomic E-state index is 12.2. The standard InChI is InChI=1S/C20H19N5O6/c1-12(15-6-8-16(9-7-15)31-20(27)17-5-4-10-30-17)21-22-18(26)11-24-14(3)19(25(28)29)13(2)23-24/h4-10H,11H2,1-3H3,(H,22,26)/b21-12+. The summed E-state index contributed by atoms with van der Waals surface area (Å²) < 4.78 is 11.4. The van der Waals surface area contributed by atoms with Gasteiger partial charge in [0.2, 0.25) is 5.76 Å². The van der Waals surface area contributed by atoms with E-state index in [-0.39, 0.29) is 29.4 Å². The molecular formula is C20H19N5O6. The molecule has 0 saturated heterocycles. The van der Waals surface area contributed by atoms with Crippen molar-refractivity contribution in [3.8, 4) is 5.75 Å². The first-order valence-electron chi connectivity index (χ1n) is 9.14. The molecule has 0 atom stereocenters. The molecule has 1 aromatic carbocycles. The second-order valence-corrected chi connectivity index (χ2v) is 6.56. The van der Waals surface area contributed by atoms with Crippen molar-refractivity contribution < 1.29 is 23.7 Å². The fraction of sp³-hybridized carbons (Fsp3) is 0.200. The van der Waals surface area contributed by atoms with Gasteiger partial charge in [-0.3, -0.25) is 19.6 Å². The maximum atomic E-state index is 12.2. The summed E-state index contributed by atoms with van der Waals surface area (Å²) in [7, 11) is 0. The van der Waals surface area contributed by atoms with Crippen LogP contribution < -0.4 is 10.2 Å². The largest absolute Gasteiger partial charge is 0.457 e. The smallest absolute Gasteiger partial charge is 0.379 e. The van der Waals surface area contributed by atoms with Crippen LogP contribution in [0.1, 0.15) is 34.4 Å². The fourth-order valence-corrected chi connectivity index (χ4v) is 2.80. The Morgan fingerprint density at radius 3 is 2.55 bits per heavy atom. The monoisotopic (exact) mass is 425 g/mol. The highest BCUT2D eigenvalue weighted by Crippen LogP contribution is 2.21. The topological polar surface area (TPSA) is 142 Å². The van der Waals surface area contributed by atoms with Gasteiger partial charge in [-0.2, -0.15) is 10.2 Å². The lowest BCUT2D eigenvalue weighted by Crippen LogP contribution is -2.25. The zero-order valence-electron chi connectivity index (χ0n) is 17.0. The summed E-state index contributed by atoms with van der Waals surface area (Å²) in [5.74, 6) is -0.672. The minimum atomic E-state index is -0.611. The van der Waals surface area contributed by atoms with Crippen molar-refractivity contribution in [3.63, 3.8) is 0 Å². The quantitative estimate of drug-likeness (QED) is 0.202. The molecule has 3 aromatic rings. The number of furan rings is 1.